The monoisotopic (exact) mass is 321 g/mol. The minimum Gasteiger partial charge on any atom is -0.497 e. The number of ether oxygens (including phenoxy) is 1. The molecule has 0 saturated heterocycles. The van der Waals surface area contributed by atoms with E-state index >= 15 is 0 Å². The number of amides is 1. The van der Waals surface area contributed by atoms with Crippen LogP contribution in [0.1, 0.15) is 21.6 Å². The zero-order valence-corrected chi connectivity index (χ0v) is 13.7. The molecule has 24 heavy (non-hydrogen) atoms. The number of benzene rings is 2. The van der Waals surface area contributed by atoms with Gasteiger partial charge in [0.05, 0.1) is 12.8 Å². The molecule has 0 fully saturated rings. The maximum atomic E-state index is 12.2. The number of carbonyl (C=O) groups is 1. The molecule has 122 valence electrons. The Bertz CT molecular complexity index is 821. The van der Waals surface area contributed by atoms with Gasteiger partial charge in [0.2, 0.25) is 0 Å². The third kappa shape index (κ3) is 3.46. The smallest absolute Gasteiger partial charge is 0.251 e. The Kier molecular flexibility index (Phi) is 4.61. The first-order valence-corrected chi connectivity index (χ1v) is 7.69. The lowest BCUT2D eigenvalue weighted by molar-refractivity contribution is 0.0951. The second kappa shape index (κ2) is 7.00. The quantitative estimate of drug-likeness (QED) is 0.785. The highest BCUT2D eigenvalue weighted by molar-refractivity contribution is 5.94. The van der Waals surface area contributed by atoms with Crippen molar-refractivity contribution < 1.29 is 9.53 Å². The van der Waals surface area contributed by atoms with Crippen molar-refractivity contribution in [1.29, 1.82) is 0 Å². The maximum Gasteiger partial charge on any atom is 0.251 e. The van der Waals surface area contributed by atoms with E-state index in [0.29, 0.717) is 12.1 Å². The summed E-state index contributed by atoms with van der Waals surface area (Å²) in [5.41, 5.74) is 3.63. The summed E-state index contributed by atoms with van der Waals surface area (Å²) in [7, 11) is 1.63. The van der Waals surface area contributed by atoms with Gasteiger partial charge in [-0.05, 0) is 55.0 Å². The van der Waals surface area contributed by atoms with Gasteiger partial charge in [-0.2, -0.15) is 5.10 Å². The fourth-order valence-electron chi connectivity index (χ4n) is 2.42. The molecule has 0 aliphatic heterocycles. The van der Waals surface area contributed by atoms with Crippen molar-refractivity contribution in [2.24, 2.45) is 0 Å². The van der Waals surface area contributed by atoms with E-state index in [1.165, 1.54) is 0 Å². The molecule has 0 aliphatic carbocycles. The molecule has 0 unspecified atom stereocenters. The van der Waals surface area contributed by atoms with Crippen molar-refractivity contribution >= 4 is 5.91 Å². The fraction of sp³-hybridized carbons (Fsp3) is 0.158. The summed E-state index contributed by atoms with van der Waals surface area (Å²) in [5.74, 6) is 0.698. The van der Waals surface area contributed by atoms with Crippen molar-refractivity contribution in [3.63, 3.8) is 0 Å². The number of methoxy groups -OCH3 is 1. The largest absolute Gasteiger partial charge is 0.497 e. The summed E-state index contributed by atoms with van der Waals surface area (Å²) in [6, 6.07) is 17.0. The van der Waals surface area contributed by atoms with Crippen molar-refractivity contribution in [2.45, 2.75) is 13.5 Å². The molecular formula is C19H19N3O2. The number of carbonyl (C=O) groups excluding carboxylic acids is 1. The zero-order chi connectivity index (χ0) is 16.9. The van der Waals surface area contributed by atoms with Gasteiger partial charge in [-0.1, -0.05) is 12.1 Å². The highest BCUT2D eigenvalue weighted by Crippen LogP contribution is 2.13. The van der Waals surface area contributed by atoms with E-state index in [1.807, 2.05) is 54.1 Å². The van der Waals surface area contributed by atoms with Gasteiger partial charge in [-0.25, -0.2) is 4.68 Å². The second-order valence-electron chi connectivity index (χ2n) is 5.46. The summed E-state index contributed by atoms with van der Waals surface area (Å²) in [6.45, 7) is 2.46. The van der Waals surface area contributed by atoms with Crippen LogP contribution >= 0.6 is 0 Å². The third-order valence-electron chi connectivity index (χ3n) is 3.82. The van der Waals surface area contributed by atoms with Crippen molar-refractivity contribution in [3.8, 4) is 11.4 Å². The van der Waals surface area contributed by atoms with Gasteiger partial charge < -0.3 is 10.1 Å². The second-order valence-corrected chi connectivity index (χ2v) is 5.46. The Hall–Kier alpha value is -3.08. The Morgan fingerprint density at radius 3 is 2.38 bits per heavy atom. The number of nitrogens with one attached hydrogen (secondary N) is 1. The Morgan fingerprint density at radius 2 is 1.79 bits per heavy atom. The van der Waals surface area contributed by atoms with Crippen LogP contribution in [-0.4, -0.2) is 22.8 Å². The van der Waals surface area contributed by atoms with Crippen LogP contribution < -0.4 is 10.1 Å². The fourth-order valence-corrected chi connectivity index (χ4v) is 2.42. The van der Waals surface area contributed by atoms with Gasteiger partial charge in [-0.3, -0.25) is 4.79 Å². The van der Waals surface area contributed by atoms with Crippen molar-refractivity contribution in [3.05, 3.63) is 77.6 Å². The molecule has 0 aliphatic rings. The minimum absolute atomic E-state index is 0.102. The number of hydrogen-bond donors (Lipinski definition) is 1. The lowest BCUT2D eigenvalue weighted by Crippen LogP contribution is -2.22. The number of nitrogens with zero attached hydrogens (tertiary/aromatic N) is 2. The lowest BCUT2D eigenvalue weighted by atomic mass is 10.1. The summed E-state index contributed by atoms with van der Waals surface area (Å²) < 4.78 is 6.95. The molecule has 0 radical (unpaired) electrons. The number of hydrogen-bond acceptors (Lipinski definition) is 3. The molecule has 1 heterocycles. The van der Waals surface area contributed by atoms with Gasteiger partial charge >= 0.3 is 0 Å². The molecule has 0 bridgehead atoms. The topological polar surface area (TPSA) is 56.1 Å². The summed E-state index contributed by atoms with van der Waals surface area (Å²) in [5, 5.41) is 7.17. The van der Waals surface area contributed by atoms with E-state index in [2.05, 4.69) is 10.4 Å². The number of aryl methyl sites for hydroxylation is 1. The SMILES string of the molecule is COc1ccc(CNC(=O)c2ccc(-n3nccc3C)cc2)cc1. The third-order valence-corrected chi connectivity index (χ3v) is 3.82. The minimum atomic E-state index is -0.102. The predicted molar refractivity (Wildman–Crippen MR) is 92.5 cm³/mol. The first-order valence-electron chi connectivity index (χ1n) is 7.69. The Balaban J connectivity index is 1.63. The molecule has 1 amide bonds. The molecule has 0 saturated carbocycles. The first-order chi connectivity index (χ1) is 11.7. The molecule has 5 heteroatoms. The van der Waals surface area contributed by atoms with E-state index in [4.69, 9.17) is 4.74 Å². The predicted octanol–water partition coefficient (Wildman–Crippen LogP) is 3.12. The van der Waals surface area contributed by atoms with Gasteiger partial charge in [0.25, 0.3) is 5.91 Å². The Labute approximate surface area is 140 Å². The van der Waals surface area contributed by atoms with Crippen LogP contribution in [0.2, 0.25) is 0 Å². The van der Waals surface area contributed by atoms with Gasteiger partial charge in [0.15, 0.2) is 0 Å². The van der Waals surface area contributed by atoms with Crippen LogP contribution in [0.25, 0.3) is 5.69 Å². The van der Waals surface area contributed by atoms with Crippen LogP contribution in [0.3, 0.4) is 0 Å². The normalized spacial score (nSPS) is 10.4. The molecule has 2 aromatic carbocycles. The molecule has 0 spiro atoms. The average molecular weight is 321 g/mol. The maximum absolute atomic E-state index is 12.2. The van der Waals surface area contributed by atoms with Crippen molar-refractivity contribution in [2.75, 3.05) is 7.11 Å². The highest BCUT2D eigenvalue weighted by Gasteiger charge is 2.07. The van der Waals surface area contributed by atoms with Crippen LogP contribution in [0.5, 0.6) is 5.75 Å². The van der Waals surface area contributed by atoms with Crippen molar-refractivity contribution in [1.82, 2.24) is 15.1 Å². The highest BCUT2D eigenvalue weighted by atomic mass is 16.5. The molecule has 3 rings (SSSR count). The summed E-state index contributed by atoms with van der Waals surface area (Å²) in [4.78, 5) is 12.2. The van der Waals surface area contributed by atoms with Gasteiger partial charge in [-0.15, -0.1) is 0 Å². The van der Waals surface area contributed by atoms with E-state index in [-0.39, 0.29) is 5.91 Å². The van der Waals surface area contributed by atoms with Gasteiger partial charge in [0.1, 0.15) is 5.75 Å². The number of aromatic nitrogens is 2. The zero-order valence-electron chi connectivity index (χ0n) is 13.7. The molecular weight excluding hydrogens is 302 g/mol. The van der Waals surface area contributed by atoms with E-state index < -0.39 is 0 Å². The van der Waals surface area contributed by atoms with Crippen LogP contribution in [-0.2, 0) is 6.54 Å². The van der Waals surface area contributed by atoms with Crippen LogP contribution in [0, 0.1) is 6.92 Å². The number of rotatable bonds is 5. The van der Waals surface area contributed by atoms with Gasteiger partial charge in [0, 0.05) is 24.0 Å². The molecule has 5 nitrogen and oxygen atoms in total. The van der Waals surface area contributed by atoms with Crippen LogP contribution in [0.4, 0.5) is 0 Å². The lowest BCUT2D eigenvalue weighted by Gasteiger charge is -2.08. The molecule has 1 aromatic heterocycles. The summed E-state index contributed by atoms with van der Waals surface area (Å²) in [6.07, 6.45) is 1.75. The summed E-state index contributed by atoms with van der Waals surface area (Å²) >= 11 is 0. The van der Waals surface area contributed by atoms with E-state index in [9.17, 15) is 4.79 Å². The average Bonchev–Trinajstić information content (AvgIpc) is 3.06. The van der Waals surface area contributed by atoms with Crippen LogP contribution in [0.15, 0.2) is 60.8 Å². The Morgan fingerprint density at radius 1 is 1.08 bits per heavy atom. The first kappa shape index (κ1) is 15.8. The standard InChI is InChI=1S/C19H19N3O2/c1-14-11-12-21-22(14)17-7-5-16(6-8-17)19(23)20-13-15-3-9-18(24-2)10-4-15/h3-12H,13H2,1-2H3,(H,20,23). The molecule has 3 aromatic rings. The van der Waals surface area contributed by atoms with E-state index in [0.717, 1.165) is 22.7 Å². The van der Waals surface area contributed by atoms with E-state index in [1.54, 1.807) is 25.4 Å². The molecule has 1 N–H and O–H groups in total. The molecule has 0 atom stereocenters.